The summed E-state index contributed by atoms with van der Waals surface area (Å²) in [6, 6.07) is 16.8. The Morgan fingerprint density at radius 2 is 1.52 bits per heavy atom. The molecule has 0 aliphatic carbocycles. The SMILES string of the molecule is CNC(=O)c1ccc(NC(=O)COC(=O)c2ccccc2-c2ccc(C(F)(F)F)cc2)cc1. The molecule has 0 aliphatic heterocycles. The number of halogens is 3. The number of ether oxygens (including phenoxy) is 1. The molecule has 3 rings (SSSR count). The molecule has 0 radical (unpaired) electrons. The first kappa shape index (κ1) is 23.5. The molecule has 0 unspecified atom stereocenters. The lowest BCUT2D eigenvalue weighted by atomic mass is 9.98. The number of alkyl halides is 3. The molecular formula is C24H19F3N2O4. The molecule has 0 aromatic heterocycles. The molecule has 0 saturated carbocycles. The summed E-state index contributed by atoms with van der Waals surface area (Å²) >= 11 is 0. The van der Waals surface area contributed by atoms with Crippen molar-refractivity contribution in [2.45, 2.75) is 6.18 Å². The molecular weight excluding hydrogens is 437 g/mol. The number of amides is 2. The molecule has 0 aliphatic rings. The Kier molecular flexibility index (Phi) is 7.12. The van der Waals surface area contributed by atoms with Crippen LogP contribution in [0.3, 0.4) is 0 Å². The van der Waals surface area contributed by atoms with Crippen molar-refractivity contribution in [2.75, 3.05) is 19.0 Å². The van der Waals surface area contributed by atoms with E-state index in [-0.39, 0.29) is 11.5 Å². The molecule has 6 nitrogen and oxygen atoms in total. The number of anilines is 1. The second-order valence-corrected chi connectivity index (χ2v) is 6.90. The second-order valence-electron chi connectivity index (χ2n) is 6.90. The molecule has 0 spiro atoms. The van der Waals surface area contributed by atoms with Gasteiger partial charge in [0.2, 0.25) is 0 Å². The van der Waals surface area contributed by atoms with Crippen molar-refractivity contribution in [3.63, 3.8) is 0 Å². The van der Waals surface area contributed by atoms with Crippen LogP contribution in [0.25, 0.3) is 11.1 Å². The Bertz CT molecular complexity index is 1160. The van der Waals surface area contributed by atoms with Crippen molar-refractivity contribution >= 4 is 23.5 Å². The fourth-order valence-corrected chi connectivity index (χ4v) is 3.01. The maximum Gasteiger partial charge on any atom is 0.416 e. The van der Waals surface area contributed by atoms with Crippen LogP contribution in [0.2, 0.25) is 0 Å². The van der Waals surface area contributed by atoms with Crippen molar-refractivity contribution in [1.29, 1.82) is 0 Å². The second kappa shape index (κ2) is 9.99. The van der Waals surface area contributed by atoms with Crippen LogP contribution in [0.4, 0.5) is 18.9 Å². The average Bonchev–Trinajstić information content (AvgIpc) is 2.82. The van der Waals surface area contributed by atoms with Gasteiger partial charge in [-0.15, -0.1) is 0 Å². The van der Waals surface area contributed by atoms with E-state index >= 15 is 0 Å². The summed E-state index contributed by atoms with van der Waals surface area (Å²) in [5.74, 6) is -1.66. The van der Waals surface area contributed by atoms with E-state index in [9.17, 15) is 27.6 Å². The van der Waals surface area contributed by atoms with Gasteiger partial charge in [0.25, 0.3) is 11.8 Å². The third-order valence-electron chi connectivity index (χ3n) is 4.66. The maximum atomic E-state index is 12.8. The first-order valence-corrected chi connectivity index (χ1v) is 9.75. The van der Waals surface area contributed by atoms with Crippen molar-refractivity contribution in [3.8, 4) is 11.1 Å². The molecule has 0 saturated heterocycles. The lowest BCUT2D eigenvalue weighted by Crippen LogP contribution is -2.21. The largest absolute Gasteiger partial charge is 0.452 e. The van der Waals surface area contributed by atoms with Gasteiger partial charge in [0, 0.05) is 18.3 Å². The van der Waals surface area contributed by atoms with Gasteiger partial charge in [0.1, 0.15) is 0 Å². The minimum Gasteiger partial charge on any atom is -0.452 e. The van der Waals surface area contributed by atoms with E-state index in [0.29, 0.717) is 22.4 Å². The maximum absolute atomic E-state index is 12.8. The minimum atomic E-state index is -4.47. The zero-order valence-corrected chi connectivity index (χ0v) is 17.4. The average molecular weight is 456 g/mol. The van der Waals surface area contributed by atoms with Crippen LogP contribution in [0.1, 0.15) is 26.3 Å². The van der Waals surface area contributed by atoms with Gasteiger partial charge in [-0.2, -0.15) is 13.2 Å². The van der Waals surface area contributed by atoms with Gasteiger partial charge in [0.05, 0.1) is 11.1 Å². The van der Waals surface area contributed by atoms with E-state index < -0.39 is 30.2 Å². The third kappa shape index (κ3) is 5.97. The summed E-state index contributed by atoms with van der Waals surface area (Å²) in [7, 11) is 1.50. The van der Waals surface area contributed by atoms with Gasteiger partial charge in [-0.1, -0.05) is 30.3 Å². The van der Waals surface area contributed by atoms with Crippen LogP contribution < -0.4 is 10.6 Å². The molecule has 0 atom stereocenters. The van der Waals surface area contributed by atoms with Crippen LogP contribution in [0, 0.1) is 0 Å². The topological polar surface area (TPSA) is 84.5 Å². The molecule has 9 heteroatoms. The zero-order chi connectivity index (χ0) is 24.0. The molecule has 3 aromatic rings. The fourth-order valence-electron chi connectivity index (χ4n) is 3.01. The Balaban J connectivity index is 1.65. The van der Waals surface area contributed by atoms with Gasteiger partial charge in [-0.05, 0) is 53.6 Å². The zero-order valence-electron chi connectivity index (χ0n) is 17.4. The van der Waals surface area contributed by atoms with E-state index in [4.69, 9.17) is 4.74 Å². The van der Waals surface area contributed by atoms with Crippen molar-refractivity contribution in [2.24, 2.45) is 0 Å². The Labute approximate surface area is 187 Å². The smallest absolute Gasteiger partial charge is 0.416 e. The predicted molar refractivity (Wildman–Crippen MR) is 116 cm³/mol. The predicted octanol–water partition coefficient (Wildman–Crippen LogP) is 4.53. The van der Waals surface area contributed by atoms with Crippen molar-refractivity contribution < 1.29 is 32.3 Å². The highest BCUT2D eigenvalue weighted by molar-refractivity contribution is 6.00. The number of carbonyl (C=O) groups excluding carboxylic acids is 3. The van der Waals surface area contributed by atoms with E-state index in [1.54, 1.807) is 18.2 Å². The Morgan fingerprint density at radius 1 is 0.879 bits per heavy atom. The van der Waals surface area contributed by atoms with E-state index in [0.717, 1.165) is 12.1 Å². The molecule has 0 bridgehead atoms. The van der Waals surface area contributed by atoms with Gasteiger partial charge < -0.3 is 15.4 Å². The summed E-state index contributed by atoms with van der Waals surface area (Å²) in [6.45, 7) is -0.572. The van der Waals surface area contributed by atoms with Crippen LogP contribution in [-0.4, -0.2) is 31.4 Å². The molecule has 2 N–H and O–H groups in total. The van der Waals surface area contributed by atoms with Crippen LogP contribution >= 0.6 is 0 Å². The summed E-state index contributed by atoms with van der Waals surface area (Å²) in [4.78, 5) is 36.2. The molecule has 3 aromatic carbocycles. The van der Waals surface area contributed by atoms with Crippen molar-refractivity contribution in [1.82, 2.24) is 5.32 Å². The number of benzene rings is 3. The van der Waals surface area contributed by atoms with Gasteiger partial charge in [-0.3, -0.25) is 9.59 Å². The summed E-state index contributed by atoms with van der Waals surface area (Å²) in [5, 5.41) is 5.03. The summed E-state index contributed by atoms with van der Waals surface area (Å²) < 4.78 is 43.5. The lowest BCUT2D eigenvalue weighted by molar-refractivity contribution is -0.137. The standard InChI is InChI=1S/C24H19F3N2O4/c1-28-22(31)16-8-12-18(13-9-16)29-21(30)14-33-23(32)20-5-3-2-4-19(20)15-6-10-17(11-7-15)24(25,26)27/h2-13H,14H2,1H3,(H,28,31)(H,29,30). The normalized spacial score (nSPS) is 10.9. The number of nitrogens with one attached hydrogen (secondary N) is 2. The first-order valence-electron chi connectivity index (χ1n) is 9.75. The molecule has 170 valence electrons. The van der Waals surface area contributed by atoms with Gasteiger partial charge in [0.15, 0.2) is 6.61 Å². The Morgan fingerprint density at radius 3 is 2.12 bits per heavy atom. The fraction of sp³-hybridized carbons (Fsp3) is 0.125. The summed E-state index contributed by atoms with van der Waals surface area (Å²) in [6.07, 6.45) is -4.47. The van der Waals surface area contributed by atoms with E-state index in [2.05, 4.69) is 10.6 Å². The first-order chi connectivity index (χ1) is 15.7. The van der Waals surface area contributed by atoms with E-state index in [1.165, 1.54) is 49.5 Å². The molecule has 0 heterocycles. The Hall–Kier alpha value is -4.14. The number of rotatable bonds is 6. The van der Waals surface area contributed by atoms with Crippen LogP contribution in [0.5, 0.6) is 0 Å². The monoisotopic (exact) mass is 456 g/mol. The third-order valence-corrected chi connectivity index (χ3v) is 4.66. The number of carbonyl (C=O) groups is 3. The number of hydrogen-bond acceptors (Lipinski definition) is 4. The van der Waals surface area contributed by atoms with Gasteiger partial charge >= 0.3 is 12.1 Å². The van der Waals surface area contributed by atoms with Crippen LogP contribution in [-0.2, 0) is 15.7 Å². The van der Waals surface area contributed by atoms with Crippen LogP contribution in [0.15, 0.2) is 72.8 Å². The quantitative estimate of drug-likeness (QED) is 0.534. The lowest BCUT2D eigenvalue weighted by Gasteiger charge is -2.12. The summed E-state index contributed by atoms with van der Waals surface area (Å²) in [5.41, 5.74) is 0.916. The number of hydrogen-bond donors (Lipinski definition) is 2. The van der Waals surface area contributed by atoms with Crippen molar-refractivity contribution in [3.05, 3.63) is 89.5 Å². The molecule has 2 amide bonds. The highest BCUT2D eigenvalue weighted by atomic mass is 19.4. The molecule has 0 fully saturated rings. The van der Waals surface area contributed by atoms with E-state index in [1.807, 2.05) is 0 Å². The highest BCUT2D eigenvalue weighted by Gasteiger charge is 2.30. The number of esters is 1. The van der Waals surface area contributed by atoms with Gasteiger partial charge in [-0.25, -0.2) is 4.79 Å². The molecule has 33 heavy (non-hydrogen) atoms. The minimum absolute atomic E-state index is 0.111. The highest BCUT2D eigenvalue weighted by Crippen LogP contribution is 2.32.